The average Bonchev–Trinajstić information content (AvgIpc) is 3.20. The summed E-state index contributed by atoms with van der Waals surface area (Å²) in [6.07, 6.45) is 0.346. The normalized spacial score (nSPS) is 19.4. The Morgan fingerprint density at radius 2 is 1.73 bits per heavy atom. The minimum atomic E-state index is -0.962. The number of benzene rings is 1. The van der Waals surface area contributed by atoms with Crippen LogP contribution in [0, 0.1) is 32.6 Å². The van der Waals surface area contributed by atoms with Crippen molar-refractivity contribution in [3.63, 3.8) is 0 Å². The molecule has 1 aromatic rings. The van der Waals surface area contributed by atoms with Crippen molar-refractivity contribution in [1.82, 2.24) is 5.32 Å². The Labute approximate surface area is 128 Å². The van der Waals surface area contributed by atoms with Gasteiger partial charge in [0.2, 0.25) is 11.8 Å². The number of amides is 2. The number of aryl methyl sites for hydroxylation is 3. The summed E-state index contributed by atoms with van der Waals surface area (Å²) in [5.74, 6) is -2.77. The number of nitrogens with one attached hydrogen (secondary N) is 2. The monoisotopic (exact) mass is 304 g/mol. The zero-order valence-electron chi connectivity index (χ0n) is 12.9. The molecule has 1 aromatic carbocycles. The SMILES string of the molecule is Cc1cc(C)c(NC(=O)CNC(=O)C2CC2C(=O)O)c(C)c1. The molecule has 3 N–H and O–H groups in total. The van der Waals surface area contributed by atoms with E-state index in [1.807, 2.05) is 32.9 Å². The molecule has 118 valence electrons. The van der Waals surface area contributed by atoms with E-state index in [9.17, 15) is 14.4 Å². The molecule has 1 saturated carbocycles. The highest BCUT2D eigenvalue weighted by atomic mass is 16.4. The average molecular weight is 304 g/mol. The summed E-state index contributed by atoms with van der Waals surface area (Å²) in [5, 5.41) is 14.0. The van der Waals surface area contributed by atoms with Crippen molar-refractivity contribution in [2.75, 3.05) is 11.9 Å². The van der Waals surface area contributed by atoms with E-state index in [0.717, 1.165) is 22.4 Å². The number of carboxylic acid groups (broad SMARTS) is 1. The Hall–Kier alpha value is -2.37. The number of anilines is 1. The number of hydrogen-bond donors (Lipinski definition) is 3. The second-order valence-electron chi connectivity index (χ2n) is 5.83. The highest BCUT2D eigenvalue weighted by molar-refractivity contribution is 5.97. The maximum Gasteiger partial charge on any atom is 0.307 e. The molecule has 6 nitrogen and oxygen atoms in total. The summed E-state index contributed by atoms with van der Waals surface area (Å²) in [7, 11) is 0. The largest absolute Gasteiger partial charge is 0.481 e. The standard InChI is InChI=1S/C16H20N2O4/c1-8-4-9(2)14(10(3)5-8)18-13(19)7-17-15(20)11-6-12(11)16(21)22/h4-5,11-12H,6-7H2,1-3H3,(H,17,20)(H,18,19)(H,21,22). The van der Waals surface area contributed by atoms with Crippen LogP contribution in [-0.2, 0) is 14.4 Å². The van der Waals surface area contributed by atoms with Crippen LogP contribution in [0.15, 0.2) is 12.1 Å². The molecule has 0 heterocycles. The second-order valence-corrected chi connectivity index (χ2v) is 5.83. The van der Waals surface area contributed by atoms with Gasteiger partial charge in [0.15, 0.2) is 0 Å². The predicted molar refractivity (Wildman–Crippen MR) is 81.5 cm³/mol. The van der Waals surface area contributed by atoms with Crippen molar-refractivity contribution < 1.29 is 19.5 Å². The first-order valence-electron chi connectivity index (χ1n) is 7.17. The first-order chi connectivity index (χ1) is 10.3. The van der Waals surface area contributed by atoms with E-state index >= 15 is 0 Å². The van der Waals surface area contributed by atoms with Gasteiger partial charge in [0.05, 0.1) is 18.4 Å². The molecule has 0 bridgehead atoms. The highest BCUT2D eigenvalue weighted by Crippen LogP contribution is 2.38. The van der Waals surface area contributed by atoms with Gasteiger partial charge >= 0.3 is 5.97 Å². The van der Waals surface area contributed by atoms with E-state index in [1.54, 1.807) is 0 Å². The van der Waals surface area contributed by atoms with Gasteiger partial charge in [-0.05, 0) is 38.3 Å². The predicted octanol–water partition coefficient (Wildman–Crippen LogP) is 1.39. The second kappa shape index (κ2) is 6.17. The summed E-state index contributed by atoms with van der Waals surface area (Å²) < 4.78 is 0. The third kappa shape index (κ3) is 3.63. The first kappa shape index (κ1) is 16.0. The number of hydrogen-bond acceptors (Lipinski definition) is 3. The molecule has 0 aromatic heterocycles. The number of carbonyl (C=O) groups is 3. The van der Waals surface area contributed by atoms with E-state index in [1.165, 1.54) is 0 Å². The Morgan fingerprint density at radius 3 is 2.23 bits per heavy atom. The molecule has 0 radical (unpaired) electrons. The van der Waals surface area contributed by atoms with Gasteiger partial charge in [0, 0.05) is 5.69 Å². The molecule has 1 aliphatic rings. The number of carbonyl (C=O) groups excluding carboxylic acids is 2. The maximum absolute atomic E-state index is 11.9. The lowest BCUT2D eigenvalue weighted by Gasteiger charge is -2.13. The quantitative estimate of drug-likeness (QED) is 0.766. The number of carboxylic acids is 1. The Balaban J connectivity index is 1.87. The molecular weight excluding hydrogens is 284 g/mol. The molecule has 1 fully saturated rings. The van der Waals surface area contributed by atoms with E-state index in [4.69, 9.17) is 5.11 Å². The molecule has 6 heteroatoms. The minimum absolute atomic E-state index is 0.158. The Bertz CT molecular complexity index is 616. The summed E-state index contributed by atoms with van der Waals surface area (Å²) in [6.45, 7) is 5.65. The number of aliphatic carboxylic acids is 1. The molecule has 0 saturated heterocycles. The van der Waals surface area contributed by atoms with Gasteiger partial charge in [-0.25, -0.2) is 0 Å². The van der Waals surface area contributed by atoms with Crippen LogP contribution < -0.4 is 10.6 Å². The molecule has 2 amide bonds. The lowest BCUT2D eigenvalue weighted by atomic mass is 10.1. The van der Waals surface area contributed by atoms with Crippen LogP contribution in [0.5, 0.6) is 0 Å². The fourth-order valence-corrected chi connectivity index (χ4v) is 2.62. The molecule has 2 rings (SSSR count). The molecule has 2 atom stereocenters. The molecule has 2 unspecified atom stereocenters. The molecular formula is C16H20N2O4. The zero-order valence-corrected chi connectivity index (χ0v) is 12.9. The van der Waals surface area contributed by atoms with E-state index in [2.05, 4.69) is 10.6 Å². The van der Waals surface area contributed by atoms with Crippen LogP contribution in [0.2, 0.25) is 0 Å². The molecule has 1 aliphatic carbocycles. The van der Waals surface area contributed by atoms with Crippen LogP contribution >= 0.6 is 0 Å². The van der Waals surface area contributed by atoms with Crippen molar-refractivity contribution in [3.05, 3.63) is 28.8 Å². The van der Waals surface area contributed by atoms with Crippen molar-refractivity contribution in [3.8, 4) is 0 Å². The van der Waals surface area contributed by atoms with Crippen LogP contribution in [-0.4, -0.2) is 29.4 Å². The van der Waals surface area contributed by atoms with Crippen LogP contribution in [0.4, 0.5) is 5.69 Å². The number of rotatable bonds is 5. The lowest BCUT2D eigenvalue weighted by molar-refractivity contribution is -0.140. The van der Waals surface area contributed by atoms with Gasteiger partial charge in [0.25, 0.3) is 0 Å². The van der Waals surface area contributed by atoms with Gasteiger partial charge in [-0.2, -0.15) is 0 Å². The van der Waals surface area contributed by atoms with E-state index in [-0.39, 0.29) is 18.4 Å². The van der Waals surface area contributed by atoms with Crippen LogP contribution in [0.3, 0.4) is 0 Å². The van der Waals surface area contributed by atoms with E-state index < -0.39 is 17.8 Å². The zero-order chi connectivity index (χ0) is 16.4. The third-order valence-corrected chi connectivity index (χ3v) is 3.81. The Kier molecular flexibility index (Phi) is 4.49. The van der Waals surface area contributed by atoms with E-state index in [0.29, 0.717) is 6.42 Å². The van der Waals surface area contributed by atoms with Crippen LogP contribution in [0.1, 0.15) is 23.1 Å². The maximum atomic E-state index is 11.9. The van der Waals surface area contributed by atoms with Crippen molar-refractivity contribution in [2.24, 2.45) is 11.8 Å². The summed E-state index contributed by atoms with van der Waals surface area (Å²) in [4.78, 5) is 34.3. The third-order valence-electron chi connectivity index (χ3n) is 3.81. The molecule has 22 heavy (non-hydrogen) atoms. The summed E-state index contributed by atoms with van der Waals surface area (Å²) >= 11 is 0. The van der Waals surface area contributed by atoms with Crippen molar-refractivity contribution in [2.45, 2.75) is 27.2 Å². The fraction of sp³-hybridized carbons (Fsp3) is 0.438. The fourth-order valence-electron chi connectivity index (χ4n) is 2.62. The summed E-state index contributed by atoms with van der Waals surface area (Å²) in [6, 6.07) is 3.95. The Morgan fingerprint density at radius 1 is 1.14 bits per heavy atom. The lowest BCUT2D eigenvalue weighted by Crippen LogP contribution is -2.34. The minimum Gasteiger partial charge on any atom is -0.481 e. The first-order valence-corrected chi connectivity index (χ1v) is 7.17. The molecule has 0 spiro atoms. The van der Waals surface area contributed by atoms with Gasteiger partial charge in [-0.3, -0.25) is 14.4 Å². The van der Waals surface area contributed by atoms with Crippen molar-refractivity contribution >= 4 is 23.5 Å². The highest BCUT2D eigenvalue weighted by Gasteiger charge is 2.48. The van der Waals surface area contributed by atoms with Crippen molar-refractivity contribution in [1.29, 1.82) is 0 Å². The van der Waals surface area contributed by atoms with Crippen LogP contribution in [0.25, 0.3) is 0 Å². The summed E-state index contributed by atoms with van der Waals surface area (Å²) in [5.41, 5.74) is 3.80. The molecule has 0 aliphatic heterocycles. The smallest absolute Gasteiger partial charge is 0.307 e. The van der Waals surface area contributed by atoms with Gasteiger partial charge in [-0.15, -0.1) is 0 Å². The van der Waals surface area contributed by atoms with Gasteiger partial charge < -0.3 is 15.7 Å². The topological polar surface area (TPSA) is 95.5 Å². The van der Waals surface area contributed by atoms with Gasteiger partial charge in [0.1, 0.15) is 0 Å². The van der Waals surface area contributed by atoms with Gasteiger partial charge in [-0.1, -0.05) is 17.7 Å².